The van der Waals surface area contributed by atoms with Crippen molar-refractivity contribution in [2.45, 2.75) is 12.5 Å². The zero-order valence-corrected chi connectivity index (χ0v) is 10.4. The van der Waals surface area contributed by atoms with Gasteiger partial charge in [-0.05, 0) is 17.6 Å². The van der Waals surface area contributed by atoms with Crippen LogP contribution in [0.2, 0.25) is 0 Å². The van der Waals surface area contributed by atoms with E-state index in [4.69, 9.17) is 9.84 Å². The maximum absolute atomic E-state index is 8.93. The number of aliphatic hydroxyl groups excluding tert-OH is 1. The zero-order valence-electron chi connectivity index (χ0n) is 10.4. The Bertz CT molecular complexity index is 318. The third-order valence-corrected chi connectivity index (χ3v) is 2.63. The molecule has 1 unspecified atom stereocenters. The number of methoxy groups -OCH3 is 1. The monoisotopic (exact) mass is 235 g/mol. The van der Waals surface area contributed by atoms with Crippen LogP contribution in [0.1, 0.15) is 12.0 Å². The van der Waals surface area contributed by atoms with E-state index in [9.17, 15) is 0 Å². The van der Waals surface area contributed by atoms with Crippen molar-refractivity contribution in [2.24, 2.45) is 0 Å². The second-order valence-electron chi connectivity index (χ2n) is 4.02. The molecule has 0 radical (unpaired) electrons. The molecule has 0 aliphatic carbocycles. The number of benzene rings is 1. The maximum atomic E-state index is 8.93. The van der Waals surface area contributed by atoms with Crippen LogP contribution >= 0.6 is 0 Å². The van der Waals surface area contributed by atoms with Gasteiger partial charge in [0.15, 0.2) is 0 Å². The molecule has 0 aliphatic rings. The summed E-state index contributed by atoms with van der Waals surface area (Å²) < 4.78 is 5.09. The molecule has 0 aromatic heterocycles. The highest BCUT2D eigenvalue weighted by molar-refractivity contribution is 5.64. The highest BCUT2D eigenvalue weighted by atomic mass is 16.5. The molecule has 2 N–H and O–H groups in total. The lowest BCUT2D eigenvalue weighted by Gasteiger charge is -2.17. The van der Waals surface area contributed by atoms with Crippen LogP contribution < -0.4 is 5.32 Å². The minimum Gasteiger partial charge on any atom is -0.396 e. The van der Waals surface area contributed by atoms with Crippen LogP contribution in [0, 0.1) is 0 Å². The molecule has 0 saturated heterocycles. The smallest absolute Gasteiger partial charge is 0.0616 e. The minimum absolute atomic E-state index is 0.166. The molecule has 3 heteroatoms. The van der Waals surface area contributed by atoms with Gasteiger partial charge in [-0.3, -0.25) is 0 Å². The first kappa shape index (κ1) is 13.9. The lowest BCUT2D eigenvalue weighted by atomic mass is 10.1. The molecular formula is C14H21NO2. The fraction of sp³-hybridized carbons (Fsp3) is 0.429. The van der Waals surface area contributed by atoms with Crippen molar-refractivity contribution in [3.8, 4) is 0 Å². The Morgan fingerprint density at radius 3 is 2.71 bits per heavy atom. The number of ether oxygens (including phenoxy) is 1. The molecule has 1 rings (SSSR count). The molecule has 17 heavy (non-hydrogen) atoms. The van der Waals surface area contributed by atoms with E-state index >= 15 is 0 Å². The van der Waals surface area contributed by atoms with Crippen molar-refractivity contribution in [3.05, 3.63) is 42.5 Å². The summed E-state index contributed by atoms with van der Waals surface area (Å²) in [6, 6.07) is 10.2. The van der Waals surface area contributed by atoms with E-state index < -0.39 is 0 Å². The summed E-state index contributed by atoms with van der Waals surface area (Å²) in [5.41, 5.74) is 2.19. The van der Waals surface area contributed by atoms with E-state index in [1.54, 1.807) is 7.11 Å². The van der Waals surface area contributed by atoms with Gasteiger partial charge in [-0.25, -0.2) is 0 Å². The molecule has 1 aromatic carbocycles. The first-order valence-electron chi connectivity index (χ1n) is 5.84. The summed E-state index contributed by atoms with van der Waals surface area (Å²) in [5.74, 6) is 0. The Kier molecular flexibility index (Phi) is 6.55. The summed E-state index contributed by atoms with van der Waals surface area (Å²) >= 11 is 0. The second kappa shape index (κ2) is 8.01. The van der Waals surface area contributed by atoms with Crippen LogP contribution in [0.15, 0.2) is 36.9 Å². The quantitative estimate of drug-likeness (QED) is 0.720. The van der Waals surface area contributed by atoms with Crippen molar-refractivity contribution in [1.82, 2.24) is 5.32 Å². The van der Waals surface area contributed by atoms with Crippen LogP contribution in [0.3, 0.4) is 0 Å². The summed E-state index contributed by atoms with van der Waals surface area (Å²) in [5, 5.41) is 12.3. The highest BCUT2D eigenvalue weighted by Gasteiger charge is 2.07. The van der Waals surface area contributed by atoms with Gasteiger partial charge in [-0.15, -0.1) is 0 Å². The van der Waals surface area contributed by atoms with E-state index in [2.05, 4.69) is 11.9 Å². The molecule has 0 bridgehead atoms. The fourth-order valence-corrected chi connectivity index (χ4v) is 1.64. The molecule has 0 heterocycles. The van der Waals surface area contributed by atoms with Crippen molar-refractivity contribution >= 4 is 5.57 Å². The molecule has 1 atom stereocenters. The van der Waals surface area contributed by atoms with Gasteiger partial charge in [0.2, 0.25) is 0 Å². The van der Waals surface area contributed by atoms with Crippen LogP contribution in [0.4, 0.5) is 0 Å². The van der Waals surface area contributed by atoms with Crippen LogP contribution in [-0.2, 0) is 4.74 Å². The van der Waals surface area contributed by atoms with Crippen molar-refractivity contribution in [1.29, 1.82) is 0 Å². The Balaban J connectivity index is 2.41. The lowest BCUT2D eigenvalue weighted by Crippen LogP contribution is -2.35. The summed E-state index contributed by atoms with van der Waals surface area (Å²) in [4.78, 5) is 0. The SMILES string of the molecule is C=C(CNC(CCO)COC)c1ccccc1. The first-order valence-corrected chi connectivity index (χ1v) is 5.84. The fourth-order valence-electron chi connectivity index (χ4n) is 1.64. The largest absolute Gasteiger partial charge is 0.396 e. The molecule has 94 valence electrons. The third kappa shape index (κ3) is 5.13. The molecule has 0 saturated carbocycles. The average molecular weight is 235 g/mol. The molecular weight excluding hydrogens is 214 g/mol. The standard InChI is InChI=1S/C14H21NO2/c1-12(13-6-4-3-5-7-13)10-15-14(8-9-16)11-17-2/h3-7,14-16H,1,8-11H2,2H3. The van der Waals surface area contributed by atoms with Crippen LogP contribution in [0.5, 0.6) is 0 Å². The van der Waals surface area contributed by atoms with Crippen molar-refractivity contribution in [3.63, 3.8) is 0 Å². The minimum atomic E-state index is 0.166. The zero-order chi connectivity index (χ0) is 12.5. The van der Waals surface area contributed by atoms with Crippen LogP contribution in [-0.4, -0.2) is 38.0 Å². The normalized spacial score (nSPS) is 12.4. The number of hydrogen-bond acceptors (Lipinski definition) is 3. The Labute approximate surface area is 103 Å². The van der Waals surface area contributed by atoms with Gasteiger partial charge >= 0.3 is 0 Å². The number of hydrogen-bond donors (Lipinski definition) is 2. The molecule has 1 aromatic rings. The summed E-state index contributed by atoms with van der Waals surface area (Å²) in [6.45, 7) is 5.52. The summed E-state index contributed by atoms with van der Waals surface area (Å²) in [7, 11) is 1.66. The average Bonchev–Trinajstić information content (AvgIpc) is 2.37. The Morgan fingerprint density at radius 2 is 2.12 bits per heavy atom. The van der Waals surface area contributed by atoms with E-state index in [0.29, 0.717) is 19.6 Å². The number of rotatable bonds is 8. The van der Waals surface area contributed by atoms with Gasteiger partial charge in [-0.2, -0.15) is 0 Å². The van der Waals surface area contributed by atoms with E-state index in [1.807, 2.05) is 30.3 Å². The molecule has 0 aliphatic heterocycles. The van der Waals surface area contributed by atoms with Gasteiger partial charge in [0.05, 0.1) is 6.61 Å². The van der Waals surface area contributed by atoms with Crippen molar-refractivity contribution in [2.75, 3.05) is 26.9 Å². The Hall–Kier alpha value is -1.16. The van der Waals surface area contributed by atoms with E-state index in [1.165, 1.54) is 0 Å². The van der Waals surface area contributed by atoms with Crippen molar-refractivity contribution < 1.29 is 9.84 Å². The number of aliphatic hydroxyl groups is 1. The van der Waals surface area contributed by atoms with E-state index in [0.717, 1.165) is 11.1 Å². The van der Waals surface area contributed by atoms with Gasteiger partial charge in [0, 0.05) is 26.3 Å². The van der Waals surface area contributed by atoms with Gasteiger partial charge in [0.25, 0.3) is 0 Å². The maximum Gasteiger partial charge on any atom is 0.0616 e. The molecule has 0 fully saturated rings. The van der Waals surface area contributed by atoms with Gasteiger partial charge in [-0.1, -0.05) is 36.9 Å². The Morgan fingerprint density at radius 1 is 1.41 bits per heavy atom. The third-order valence-electron chi connectivity index (χ3n) is 2.63. The van der Waals surface area contributed by atoms with Crippen LogP contribution in [0.25, 0.3) is 5.57 Å². The number of nitrogens with one attached hydrogen (secondary N) is 1. The molecule has 0 amide bonds. The predicted molar refractivity (Wildman–Crippen MR) is 70.8 cm³/mol. The van der Waals surface area contributed by atoms with Gasteiger partial charge < -0.3 is 15.2 Å². The molecule has 0 spiro atoms. The second-order valence-corrected chi connectivity index (χ2v) is 4.02. The topological polar surface area (TPSA) is 41.5 Å². The van der Waals surface area contributed by atoms with E-state index in [-0.39, 0.29) is 12.6 Å². The van der Waals surface area contributed by atoms with Gasteiger partial charge in [0.1, 0.15) is 0 Å². The first-order chi connectivity index (χ1) is 8.27. The predicted octanol–water partition coefficient (Wildman–Crippen LogP) is 1.69. The highest BCUT2D eigenvalue weighted by Crippen LogP contribution is 2.10. The molecule has 3 nitrogen and oxygen atoms in total. The summed E-state index contributed by atoms with van der Waals surface area (Å²) in [6.07, 6.45) is 0.690. The lowest BCUT2D eigenvalue weighted by molar-refractivity contribution is 0.150.